The lowest BCUT2D eigenvalue weighted by molar-refractivity contribution is 0.103. The van der Waals surface area contributed by atoms with Crippen LogP contribution in [-0.2, 0) is 0 Å². The van der Waals surface area contributed by atoms with Gasteiger partial charge in [0.05, 0.1) is 5.69 Å². The molecule has 90 valence electrons. The Kier molecular flexibility index (Phi) is 2.80. The van der Waals surface area contributed by atoms with Gasteiger partial charge in [0.15, 0.2) is 4.96 Å². The fraction of sp³-hybridized carbons (Fsp3) is 0.0769. The Hall–Kier alpha value is -1.46. The molecule has 1 aromatic carbocycles. The average Bonchev–Trinajstić information content (AvgIpc) is 2.89. The largest absolute Gasteiger partial charge is 0.287 e. The van der Waals surface area contributed by atoms with Gasteiger partial charge in [0.1, 0.15) is 5.69 Å². The van der Waals surface area contributed by atoms with E-state index in [-0.39, 0.29) is 5.78 Å². The molecule has 0 N–H and O–H groups in total. The number of hydrogen-bond acceptors (Lipinski definition) is 3. The lowest BCUT2D eigenvalue weighted by Gasteiger charge is -2.01. The maximum atomic E-state index is 12.5. The second kappa shape index (κ2) is 4.33. The Morgan fingerprint density at radius 2 is 2.06 bits per heavy atom. The van der Waals surface area contributed by atoms with Crippen LogP contribution in [0.5, 0.6) is 0 Å². The van der Waals surface area contributed by atoms with E-state index in [1.165, 1.54) is 11.3 Å². The minimum Gasteiger partial charge on any atom is -0.287 e. The van der Waals surface area contributed by atoms with Crippen molar-refractivity contribution in [2.45, 2.75) is 6.92 Å². The fourth-order valence-electron chi connectivity index (χ4n) is 1.91. The predicted octanol–water partition coefficient (Wildman–Crippen LogP) is 3.70. The molecular weight excluding hydrogens is 312 g/mol. The Morgan fingerprint density at radius 3 is 2.78 bits per heavy atom. The molecule has 18 heavy (non-hydrogen) atoms. The van der Waals surface area contributed by atoms with Crippen molar-refractivity contribution >= 4 is 38.0 Å². The molecule has 3 rings (SSSR count). The second-order valence-corrected chi connectivity index (χ2v) is 5.73. The van der Waals surface area contributed by atoms with E-state index >= 15 is 0 Å². The summed E-state index contributed by atoms with van der Waals surface area (Å²) in [5.74, 6) is 0.00546. The highest BCUT2D eigenvalue weighted by molar-refractivity contribution is 9.10. The maximum absolute atomic E-state index is 12.5. The van der Waals surface area contributed by atoms with Crippen molar-refractivity contribution in [3.05, 3.63) is 57.3 Å². The third kappa shape index (κ3) is 1.79. The molecule has 0 aliphatic carbocycles. The van der Waals surface area contributed by atoms with Crippen LogP contribution in [0.1, 0.15) is 21.7 Å². The van der Waals surface area contributed by atoms with Crippen molar-refractivity contribution < 1.29 is 4.79 Å². The van der Waals surface area contributed by atoms with Crippen molar-refractivity contribution in [3.63, 3.8) is 0 Å². The van der Waals surface area contributed by atoms with E-state index in [0.717, 1.165) is 15.1 Å². The lowest BCUT2D eigenvalue weighted by atomic mass is 10.1. The quantitative estimate of drug-likeness (QED) is 0.675. The Balaban J connectivity index is 2.14. The van der Waals surface area contributed by atoms with Gasteiger partial charge in [-0.25, -0.2) is 4.98 Å². The lowest BCUT2D eigenvalue weighted by Crippen LogP contribution is -2.06. The minimum atomic E-state index is 0.00546. The Bertz CT molecular complexity index is 727. The maximum Gasteiger partial charge on any atom is 0.211 e. The summed E-state index contributed by atoms with van der Waals surface area (Å²) >= 11 is 4.89. The van der Waals surface area contributed by atoms with Gasteiger partial charge in [-0.2, -0.15) is 0 Å². The summed E-state index contributed by atoms with van der Waals surface area (Å²) in [4.78, 5) is 17.7. The van der Waals surface area contributed by atoms with E-state index in [0.29, 0.717) is 11.3 Å². The summed E-state index contributed by atoms with van der Waals surface area (Å²) in [6, 6.07) is 7.37. The monoisotopic (exact) mass is 320 g/mol. The molecule has 0 fully saturated rings. The average molecular weight is 321 g/mol. The number of nitrogens with zero attached hydrogens (tertiary/aromatic N) is 2. The summed E-state index contributed by atoms with van der Waals surface area (Å²) < 4.78 is 2.81. The topological polar surface area (TPSA) is 34.4 Å². The van der Waals surface area contributed by atoms with E-state index in [1.54, 1.807) is 0 Å². The van der Waals surface area contributed by atoms with Crippen LogP contribution in [0.25, 0.3) is 4.96 Å². The highest BCUT2D eigenvalue weighted by Crippen LogP contribution is 2.20. The first-order valence-corrected chi connectivity index (χ1v) is 7.06. The highest BCUT2D eigenvalue weighted by Gasteiger charge is 2.18. The number of fused-ring (bicyclic) bond motifs is 1. The third-order valence-corrected chi connectivity index (χ3v) is 4.04. The van der Waals surface area contributed by atoms with Gasteiger partial charge in [-0.15, -0.1) is 11.3 Å². The predicted molar refractivity (Wildman–Crippen MR) is 75.4 cm³/mol. The Morgan fingerprint density at radius 1 is 1.33 bits per heavy atom. The first kappa shape index (κ1) is 11.6. The molecule has 2 aromatic heterocycles. The molecule has 0 aliphatic heterocycles. The number of rotatable bonds is 2. The molecule has 0 bridgehead atoms. The van der Waals surface area contributed by atoms with Gasteiger partial charge in [-0.05, 0) is 31.2 Å². The van der Waals surface area contributed by atoms with E-state index in [2.05, 4.69) is 20.9 Å². The summed E-state index contributed by atoms with van der Waals surface area (Å²) in [6.07, 6.45) is 1.88. The van der Waals surface area contributed by atoms with Crippen LogP contribution < -0.4 is 0 Å². The molecule has 0 saturated heterocycles. The molecule has 0 atom stereocenters. The number of aromatic nitrogens is 2. The Labute approximate surface area is 116 Å². The van der Waals surface area contributed by atoms with Gasteiger partial charge in [-0.1, -0.05) is 15.9 Å². The van der Waals surface area contributed by atoms with Gasteiger partial charge in [0.25, 0.3) is 0 Å². The first-order valence-electron chi connectivity index (χ1n) is 5.39. The standard InChI is InChI=1S/C13H9BrN2OS/c1-8-11(16-6-7-18-13(16)15-8)12(17)9-2-4-10(14)5-3-9/h2-7H,1H3. The SMILES string of the molecule is Cc1nc2sccn2c1C(=O)c1ccc(Br)cc1. The first-order chi connectivity index (χ1) is 8.66. The molecule has 0 saturated carbocycles. The zero-order chi connectivity index (χ0) is 12.7. The summed E-state index contributed by atoms with van der Waals surface area (Å²) in [5, 5.41) is 1.93. The number of thiazole rings is 1. The van der Waals surface area contributed by atoms with Crippen LogP contribution in [0.4, 0.5) is 0 Å². The zero-order valence-corrected chi connectivity index (χ0v) is 12.0. The number of carbonyl (C=O) groups excluding carboxylic acids is 1. The van der Waals surface area contributed by atoms with E-state index < -0.39 is 0 Å². The number of aryl methyl sites for hydroxylation is 1. The molecule has 3 nitrogen and oxygen atoms in total. The molecule has 0 amide bonds. The van der Waals surface area contributed by atoms with Crippen LogP contribution in [0, 0.1) is 6.92 Å². The van der Waals surface area contributed by atoms with Gasteiger partial charge in [-0.3, -0.25) is 9.20 Å². The molecule has 0 spiro atoms. The van der Waals surface area contributed by atoms with Crippen molar-refractivity contribution in [3.8, 4) is 0 Å². The van der Waals surface area contributed by atoms with E-state index in [4.69, 9.17) is 0 Å². The number of halogens is 1. The molecule has 0 aliphatic rings. The minimum absolute atomic E-state index is 0.00546. The molecule has 5 heteroatoms. The molecular formula is C13H9BrN2OS. The number of imidazole rings is 1. The molecule has 0 unspecified atom stereocenters. The van der Waals surface area contributed by atoms with Crippen LogP contribution in [0.15, 0.2) is 40.3 Å². The number of ketones is 1. The van der Waals surface area contributed by atoms with Gasteiger partial charge >= 0.3 is 0 Å². The van der Waals surface area contributed by atoms with Crippen LogP contribution in [0.2, 0.25) is 0 Å². The van der Waals surface area contributed by atoms with Gasteiger partial charge in [0.2, 0.25) is 5.78 Å². The van der Waals surface area contributed by atoms with Crippen molar-refractivity contribution in [1.29, 1.82) is 0 Å². The van der Waals surface area contributed by atoms with Crippen molar-refractivity contribution in [1.82, 2.24) is 9.38 Å². The normalized spacial score (nSPS) is 11.0. The van der Waals surface area contributed by atoms with Crippen LogP contribution in [-0.4, -0.2) is 15.2 Å². The summed E-state index contributed by atoms with van der Waals surface area (Å²) in [6.45, 7) is 1.87. The van der Waals surface area contributed by atoms with Gasteiger partial charge < -0.3 is 0 Å². The van der Waals surface area contributed by atoms with Crippen LogP contribution >= 0.6 is 27.3 Å². The van der Waals surface area contributed by atoms with Crippen LogP contribution in [0.3, 0.4) is 0 Å². The smallest absolute Gasteiger partial charge is 0.211 e. The van der Waals surface area contributed by atoms with Gasteiger partial charge in [0, 0.05) is 21.6 Å². The van der Waals surface area contributed by atoms with E-state index in [1.807, 2.05) is 47.2 Å². The van der Waals surface area contributed by atoms with E-state index in [9.17, 15) is 4.79 Å². The molecule has 0 radical (unpaired) electrons. The highest BCUT2D eigenvalue weighted by atomic mass is 79.9. The van der Waals surface area contributed by atoms with Crippen molar-refractivity contribution in [2.24, 2.45) is 0 Å². The number of benzene rings is 1. The third-order valence-electron chi connectivity index (χ3n) is 2.76. The second-order valence-electron chi connectivity index (χ2n) is 3.94. The number of hydrogen-bond donors (Lipinski definition) is 0. The molecule has 2 heterocycles. The summed E-state index contributed by atoms with van der Waals surface area (Å²) in [7, 11) is 0. The number of carbonyl (C=O) groups is 1. The fourth-order valence-corrected chi connectivity index (χ4v) is 2.93. The molecule has 3 aromatic rings. The zero-order valence-electron chi connectivity index (χ0n) is 9.55. The summed E-state index contributed by atoms with van der Waals surface area (Å²) in [5.41, 5.74) is 2.10. The van der Waals surface area contributed by atoms with Crippen molar-refractivity contribution in [2.75, 3.05) is 0 Å².